The third kappa shape index (κ3) is 4.88. The topological polar surface area (TPSA) is 41.9 Å². The largest absolute Gasteiger partial charge is 0.311 e. The minimum absolute atomic E-state index is 0.00420. The molecule has 0 fully saturated rings. The lowest BCUT2D eigenvalue weighted by molar-refractivity contribution is 1.28. The Morgan fingerprint density at radius 2 is 1.29 bits per heavy atom. The van der Waals surface area contributed by atoms with Crippen LogP contribution in [0.4, 0.5) is 17.1 Å². The summed E-state index contributed by atoms with van der Waals surface area (Å²) in [5.74, 6) is 0. The van der Waals surface area contributed by atoms with Crippen LogP contribution in [-0.2, 0) is 0 Å². The lowest BCUT2D eigenvalue weighted by Gasteiger charge is -2.25. The predicted molar refractivity (Wildman–Crippen MR) is 213 cm³/mol. The van der Waals surface area contributed by atoms with E-state index in [1.165, 1.54) is 18.2 Å². The molecule has 10 aromatic rings. The molecule has 0 N–H and O–H groups in total. The van der Waals surface area contributed by atoms with E-state index in [9.17, 15) is 8.22 Å². The summed E-state index contributed by atoms with van der Waals surface area (Å²) >= 11 is 0. The summed E-state index contributed by atoms with van der Waals surface area (Å²) in [6, 6.07) is -7.95. The summed E-state index contributed by atoms with van der Waals surface area (Å²) in [6.07, 6.45) is -1.34. The number of aromatic nitrogens is 3. The highest BCUT2D eigenvalue weighted by Crippen LogP contribution is 2.41. The molecule has 0 unspecified atom stereocenters. The van der Waals surface area contributed by atoms with E-state index in [-0.39, 0.29) is 59.9 Å². The van der Waals surface area contributed by atoms with Gasteiger partial charge in [-0.1, -0.05) is 109 Å². The second-order valence-electron chi connectivity index (χ2n) is 11.0. The molecule has 0 aliphatic rings. The van der Waals surface area contributed by atoms with Gasteiger partial charge in [0.1, 0.15) is 0 Å². The van der Waals surface area contributed by atoms with E-state index in [2.05, 4.69) is 15.0 Å². The van der Waals surface area contributed by atoms with Crippen molar-refractivity contribution in [3.63, 3.8) is 0 Å². The second-order valence-corrected chi connectivity index (χ2v) is 11.0. The van der Waals surface area contributed by atoms with Crippen molar-refractivity contribution in [3.05, 3.63) is 182 Å². The first-order chi connectivity index (χ1) is 35.2. The van der Waals surface area contributed by atoms with Gasteiger partial charge in [-0.2, -0.15) is 0 Å². The second kappa shape index (κ2) is 11.9. The van der Waals surface area contributed by atoms with Crippen molar-refractivity contribution >= 4 is 71.3 Å². The summed E-state index contributed by atoms with van der Waals surface area (Å²) in [6.45, 7) is 0. The number of rotatable bonds is 5. The molecule has 4 nitrogen and oxygen atoms in total. The monoisotopic (exact) mass is 674 g/mol. The van der Waals surface area contributed by atoms with E-state index in [1.54, 1.807) is 0 Å². The average molecular weight is 675 g/mol. The quantitative estimate of drug-likeness (QED) is 0.170. The fourth-order valence-electron chi connectivity index (χ4n) is 5.97. The van der Waals surface area contributed by atoms with Gasteiger partial charge in [-0.25, -0.2) is 4.98 Å². The van der Waals surface area contributed by atoms with Gasteiger partial charge in [-0.3, -0.25) is 9.97 Å². The van der Waals surface area contributed by atoms with Gasteiger partial charge >= 0.3 is 0 Å². The van der Waals surface area contributed by atoms with Gasteiger partial charge in [0.05, 0.1) is 55.1 Å². The normalized spacial score (nSPS) is 18.1. The van der Waals surface area contributed by atoms with Crippen LogP contribution >= 0.6 is 0 Å². The molecule has 0 atom stereocenters. The van der Waals surface area contributed by atoms with Crippen LogP contribution in [0.25, 0.3) is 76.6 Å². The molecule has 0 amide bonds. The zero-order valence-electron chi connectivity index (χ0n) is 49.8. The molecule has 0 bridgehead atoms. The van der Waals surface area contributed by atoms with E-state index < -0.39 is 179 Å². The highest BCUT2D eigenvalue weighted by atomic mass is 15.1. The standard InChI is InChI=1S/C47H30N4/c1-3-11-35(12-4-1)51(36-13-5-2-6-14-36)37-22-17-32(18-23-37)45-42-26-21-34-30-33(20-24-39(34)44(42)41-15-7-8-16-43(41)50-45)38-27-29-49-47-40(38)25-19-31-10-9-28-48-46(31)47/h1-30H/i1D,2D,3D,5D,7D,8D,9D,10D,11D,12D,14D,15D,16D,17D,18D,19D,20D,22D,23D,25D,26D,27D,28D,29D. The summed E-state index contributed by atoms with van der Waals surface area (Å²) in [5, 5.41) is -1.24. The molecular formula is C47H30N4. The zero-order valence-corrected chi connectivity index (χ0v) is 25.8. The molecule has 0 aliphatic carbocycles. The zero-order chi connectivity index (χ0) is 54.6. The van der Waals surface area contributed by atoms with Crippen molar-refractivity contribution in [1.29, 1.82) is 0 Å². The average Bonchev–Trinajstić information content (AvgIpc) is 3.36. The maximum atomic E-state index is 9.58. The molecule has 10 rings (SSSR count). The maximum Gasteiger partial charge on any atom is 0.0970 e. The van der Waals surface area contributed by atoms with Gasteiger partial charge < -0.3 is 4.90 Å². The van der Waals surface area contributed by atoms with Crippen LogP contribution in [0.3, 0.4) is 0 Å². The Labute approximate surface area is 328 Å². The first kappa shape index (κ1) is 13.8. The van der Waals surface area contributed by atoms with Crippen molar-refractivity contribution in [2.75, 3.05) is 4.90 Å². The molecule has 0 saturated heterocycles. The lowest BCUT2D eigenvalue weighted by Crippen LogP contribution is -2.09. The van der Waals surface area contributed by atoms with Crippen LogP contribution in [-0.4, -0.2) is 15.0 Å². The number of anilines is 3. The van der Waals surface area contributed by atoms with Gasteiger partial charge in [-0.15, -0.1) is 0 Å². The Kier molecular flexibility index (Phi) is 3.21. The van der Waals surface area contributed by atoms with Crippen molar-refractivity contribution in [1.82, 2.24) is 15.0 Å². The molecule has 238 valence electrons. The van der Waals surface area contributed by atoms with Crippen molar-refractivity contribution in [2.24, 2.45) is 0 Å². The molecule has 4 heteroatoms. The third-order valence-corrected chi connectivity index (χ3v) is 8.20. The Hall–Kier alpha value is -6.91. The van der Waals surface area contributed by atoms with Gasteiger partial charge in [-0.05, 0) is 82.4 Å². The number of pyridine rings is 3. The Balaban J connectivity index is 1.32. The van der Waals surface area contributed by atoms with E-state index in [1.807, 2.05) is 0 Å². The van der Waals surface area contributed by atoms with Crippen LogP contribution in [0, 0.1) is 0 Å². The van der Waals surface area contributed by atoms with E-state index in [0.717, 1.165) is 23.1 Å². The number of hydrogen-bond donors (Lipinski definition) is 0. The minimum Gasteiger partial charge on any atom is -0.311 e. The van der Waals surface area contributed by atoms with E-state index in [0.29, 0.717) is 0 Å². The van der Waals surface area contributed by atoms with Crippen LogP contribution < -0.4 is 4.90 Å². The summed E-state index contributed by atoms with van der Waals surface area (Å²) in [7, 11) is 0. The summed E-state index contributed by atoms with van der Waals surface area (Å²) in [5.41, 5.74) is -4.23. The highest BCUT2D eigenvalue weighted by Gasteiger charge is 2.17. The number of nitrogens with zero attached hydrogens (tertiary/aromatic N) is 4. The fourth-order valence-corrected chi connectivity index (χ4v) is 5.97. The van der Waals surface area contributed by atoms with E-state index in [4.69, 9.17) is 24.7 Å². The smallest absolute Gasteiger partial charge is 0.0970 e. The van der Waals surface area contributed by atoms with Gasteiger partial charge in [0.25, 0.3) is 0 Å². The van der Waals surface area contributed by atoms with Crippen LogP contribution in [0.2, 0.25) is 0 Å². The number of benzene rings is 7. The molecular weight excluding hydrogens is 621 g/mol. The maximum absolute atomic E-state index is 9.58. The number of para-hydroxylation sites is 3. The molecule has 0 saturated carbocycles. The van der Waals surface area contributed by atoms with Gasteiger partial charge in [0, 0.05) is 61.9 Å². The summed E-state index contributed by atoms with van der Waals surface area (Å²) < 4.78 is 213. The minimum atomic E-state index is -0.919. The molecule has 51 heavy (non-hydrogen) atoms. The van der Waals surface area contributed by atoms with Gasteiger partial charge in [0.2, 0.25) is 0 Å². The summed E-state index contributed by atoms with van der Waals surface area (Å²) in [4.78, 5) is 13.6. The van der Waals surface area contributed by atoms with Crippen molar-refractivity contribution in [2.45, 2.75) is 0 Å². The lowest BCUT2D eigenvalue weighted by atomic mass is 9.92. The van der Waals surface area contributed by atoms with Crippen LogP contribution in [0.1, 0.15) is 32.9 Å². The molecule has 0 aliphatic heterocycles. The SMILES string of the molecule is [2H]c1cc([2H])c(N(c2c([2H])cc([2H])c([2H])c2[2H])c2c([2H])c([2H])c(-c3nc4c([2H])c([2H])c([2H])c([2H])c4c4c3c([2H])cc3cc(-c5c([2H])c([2H])nc6c5c([2H])c([2H])c5c([2H])c([2H])c([2H])nc56)c([2H])cc34)c([2H])c2[2H])cc1[2H]. The van der Waals surface area contributed by atoms with Crippen molar-refractivity contribution in [3.8, 4) is 22.4 Å². The first-order valence-corrected chi connectivity index (χ1v) is 15.2. The van der Waals surface area contributed by atoms with Crippen LogP contribution in [0.15, 0.2) is 182 Å². The van der Waals surface area contributed by atoms with Crippen LogP contribution in [0.5, 0.6) is 0 Å². The van der Waals surface area contributed by atoms with Gasteiger partial charge in [0.15, 0.2) is 0 Å². The van der Waals surface area contributed by atoms with Crippen molar-refractivity contribution < 1.29 is 32.9 Å². The molecule has 7 aromatic carbocycles. The fraction of sp³-hybridized carbons (Fsp3) is 0. The number of fused-ring (bicyclic) bond motifs is 8. The predicted octanol–water partition coefficient (Wildman–Crippen LogP) is 12.4. The molecule has 3 aromatic heterocycles. The number of hydrogen-bond acceptors (Lipinski definition) is 4. The highest BCUT2D eigenvalue weighted by molar-refractivity contribution is 6.23. The third-order valence-electron chi connectivity index (χ3n) is 8.20. The Bertz CT molecular complexity index is 4290. The Morgan fingerprint density at radius 3 is 2.24 bits per heavy atom. The molecule has 3 heterocycles. The molecule has 0 spiro atoms. The first-order valence-electron chi connectivity index (χ1n) is 27.2. The van der Waals surface area contributed by atoms with E-state index >= 15 is 0 Å². The Morgan fingerprint density at radius 1 is 0.471 bits per heavy atom. The molecule has 0 radical (unpaired) electrons.